The van der Waals surface area contributed by atoms with Crippen molar-refractivity contribution in [3.63, 3.8) is 0 Å². The second-order valence-corrected chi connectivity index (χ2v) is 7.42. The summed E-state index contributed by atoms with van der Waals surface area (Å²) in [5.74, 6) is -0.635. The highest BCUT2D eigenvalue weighted by Crippen LogP contribution is 2.20. The normalized spacial score (nSPS) is 15.2. The summed E-state index contributed by atoms with van der Waals surface area (Å²) in [6.07, 6.45) is 1.36. The molecule has 148 valence electrons. The Kier molecular flexibility index (Phi) is 6.41. The second kappa shape index (κ2) is 8.97. The van der Waals surface area contributed by atoms with E-state index in [2.05, 4.69) is 15.5 Å². The summed E-state index contributed by atoms with van der Waals surface area (Å²) in [6, 6.07) is 11.8. The van der Waals surface area contributed by atoms with Gasteiger partial charge in [0.15, 0.2) is 0 Å². The second-order valence-electron chi connectivity index (χ2n) is 7.42. The van der Waals surface area contributed by atoms with Crippen LogP contribution in [0.15, 0.2) is 42.5 Å². The first-order chi connectivity index (χ1) is 13.4. The fourth-order valence-corrected chi connectivity index (χ4v) is 3.51. The standard InChI is InChI=1S/C22H26FN3O2/c1-15-6-7-20(16(2)12-15)25-21(27)14-26-10-8-17(9-11-26)22(28)24-19-5-3-4-18(23)13-19/h3-7,12-13,17H,8-11,14H2,1-2H3,(H,24,28)(H,25,27). The number of aryl methyl sites for hydroxylation is 2. The Labute approximate surface area is 164 Å². The lowest BCUT2D eigenvalue weighted by atomic mass is 9.95. The number of piperidine rings is 1. The molecule has 3 rings (SSSR count). The molecule has 0 unspecified atom stereocenters. The third-order valence-electron chi connectivity index (χ3n) is 5.07. The van der Waals surface area contributed by atoms with Gasteiger partial charge in [-0.3, -0.25) is 14.5 Å². The van der Waals surface area contributed by atoms with E-state index in [0.717, 1.165) is 16.8 Å². The van der Waals surface area contributed by atoms with E-state index in [9.17, 15) is 14.0 Å². The fraction of sp³-hybridized carbons (Fsp3) is 0.364. The highest BCUT2D eigenvalue weighted by molar-refractivity contribution is 5.93. The highest BCUT2D eigenvalue weighted by Gasteiger charge is 2.26. The molecule has 6 heteroatoms. The lowest BCUT2D eigenvalue weighted by Crippen LogP contribution is -2.41. The van der Waals surface area contributed by atoms with E-state index >= 15 is 0 Å². The van der Waals surface area contributed by atoms with Gasteiger partial charge in [-0.15, -0.1) is 0 Å². The van der Waals surface area contributed by atoms with E-state index in [1.165, 1.54) is 12.1 Å². The Morgan fingerprint density at radius 3 is 2.50 bits per heavy atom. The zero-order chi connectivity index (χ0) is 20.1. The molecule has 0 spiro atoms. The highest BCUT2D eigenvalue weighted by atomic mass is 19.1. The first-order valence-corrected chi connectivity index (χ1v) is 9.56. The maximum atomic E-state index is 13.2. The van der Waals surface area contributed by atoms with E-state index < -0.39 is 0 Å². The topological polar surface area (TPSA) is 61.4 Å². The van der Waals surface area contributed by atoms with Crippen LogP contribution in [0.25, 0.3) is 0 Å². The average Bonchev–Trinajstić information content (AvgIpc) is 2.64. The van der Waals surface area contributed by atoms with Crippen molar-refractivity contribution in [2.45, 2.75) is 26.7 Å². The molecule has 5 nitrogen and oxygen atoms in total. The predicted molar refractivity (Wildman–Crippen MR) is 109 cm³/mol. The van der Waals surface area contributed by atoms with Crippen molar-refractivity contribution in [1.29, 1.82) is 0 Å². The molecule has 28 heavy (non-hydrogen) atoms. The molecular formula is C22H26FN3O2. The number of carbonyl (C=O) groups excluding carboxylic acids is 2. The van der Waals surface area contributed by atoms with Crippen molar-refractivity contribution in [2.75, 3.05) is 30.3 Å². The van der Waals surface area contributed by atoms with Crippen LogP contribution < -0.4 is 10.6 Å². The summed E-state index contributed by atoms with van der Waals surface area (Å²) < 4.78 is 13.2. The molecule has 1 saturated heterocycles. The number of nitrogens with zero attached hydrogens (tertiary/aromatic N) is 1. The number of anilines is 2. The Hall–Kier alpha value is -2.73. The van der Waals surface area contributed by atoms with Gasteiger partial charge in [-0.1, -0.05) is 23.8 Å². The van der Waals surface area contributed by atoms with E-state index in [1.54, 1.807) is 12.1 Å². The van der Waals surface area contributed by atoms with Crippen molar-refractivity contribution >= 4 is 23.2 Å². The third-order valence-corrected chi connectivity index (χ3v) is 5.07. The van der Waals surface area contributed by atoms with Crippen LogP contribution in [0.5, 0.6) is 0 Å². The van der Waals surface area contributed by atoms with Crippen molar-refractivity contribution in [1.82, 2.24) is 4.90 Å². The number of hydrogen-bond donors (Lipinski definition) is 2. The number of rotatable bonds is 5. The zero-order valence-corrected chi connectivity index (χ0v) is 16.3. The molecule has 1 aliphatic rings. The molecule has 2 aromatic carbocycles. The van der Waals surface area contributed by atoms with Crippen LogP contribution in [0.1, 0.15) is 24.0 Å². The van der Waals surface area contributed by atoms with E-state index in [0.29, 0.717) is 38.2 Å². The molecule has 0 aromatic heterocycles. The minimum Gasteiger partial charge on any atom is -0.326 e. The van der Waals surface area contributed by atoms with Gasteiger partial charge in [-0.25, -0.2) is 4.39 Å². The van der Waals surface area contributed by atoms with Crippen molar-refractivity contribution in [3.8, 4) is 0 Å². The number of carbonyl (C=O) groups is 2. The molecule has 0 saturated carbocycles. The summed E-state index contributed by atoms with van der Waals surface area (Å²) in [5, 5.41) is 5.74. The lowest BCUT2D eigenvalue weighted by Gasteiger charge is -2.30. The van der Waals surface area contributed by atoms with Gasteiger partial charge in [0.1, 0.15) is 5.82 Å². The van der Waals surface area contributed by atoms with Gasteiger partial charge >= 0.3 is 0 Å². The monoisotopic (exact) mass is 383 g/mol. The van der Waals surface area contributed by atoms with E-state index in [-0.39, 0.29) is 23.5 Å². The van der Waals surface area contributed by atoms with Gasteiger partial charge in [-0.2, -0.15) is 0 Å². The molecule has 1 aliphatic heterocycles. The van der Waals surface area contributed by atoms with Crippen LogP contribution in [0.2, 0.25) is 0 Å². The number of likely N-dealkylation sites (tertiary alicyclic amines) is 1. The molecule has 0 radical (unpaired) electrons. The summed E-state index contributed by atoms with van der Waals surface area (Å²) in [6.45, 7) is 5.67. The Bertz CT molecular complexity index is 861. The minimum atomic E-state index is -0.373. The molecule has 0 bridgehead atoms. The number of nitrogens with one attached hydrogen (secondary N) is 2. The molecule has 0 atom stereocenters. The van der Waals surface area contributed by atoms with Crippen molar-refractivity contribution in [2.24, 2.45) is 5.92 Å². The van der Waals surface area contributed by atoms with Gasteiger partial charge in [0, 0.05) is 17.3 Å². The van der Waals surface area contributed by atoms with Gasteiger partial charge < -0.3 is 10.6 Å². The quantitative estimate of drug-likeness (QED) is 0.827. The Balaban J connectivity index is 1.45. The van der Waals surface area contributed by atoms with Crippen LogP contribution in [0.4, 0.5) is 15.8 Å². The summed E-state index contributed by atoms with van der Waals surface area (Å²) in [5.41, 5.74) is 3.51. The largest absolute Gasteiger partial charge is 0.326 e. The zero-order valence-electron chi connectivity index (χ0n) is 16.3. The van der Waals surface area contributed by atoms with Crippen LogP contribution in [0.3, 0.4) is 0 Å². The summed E-state index contributed by atoms with van der Waals surface area (Å²) >= 11 is 0. The van der Waals surface area contributed by atoms with E-state index in [1.807, 2.05) is 32.0 Å². The van der Waals surface area contributed by atoms with Crippen LogP contribution >= 0.6 is 0 Å². The number of halogens is 1. The van der Waals surface area contributed by atoms with Gasteiger partial charge in [0.25, 0.3) is 0 Å². The van der Waals surface area contributed by atoms with Gasteiger partial charge in [-0.05, 0) is 69.6 Å². The van der Waals surface area contributed by atoms with Crippen molar-refractivity contribution in [3.05, 3.63) is 59.4 Å². The van der Waals surface area contributed by atoms with Crippen LogP contribution in [0, 0.1) is 25.6 Å². The number of amides is 2. The molecule has 2 amide bonds. The first kappa shape index (κ1) is 20.0. The van der Waals surface area contributed by atoms with E-state index in [4.69, 9.17) is 0 Å². The first-order valence-electron chi connectivity index (χ1n) is 9.56. The fourth-order valence-electron chi connectivity index (χ4n) is 3.51. The van der Waals surface area contributed by atoms with Crippen LogP contribution in [-0.4, -0.2) is 36.3 Å². The third kappa shape index (κ3) is 5.39. The minimum absolute atomic E-state index is 0.0467. The van der Waals surface area contributed by atoms with Crippen LogP contribution in [-0.2, 0) is 9.59 Å². The SMILES string of the molecule is Cc1ccc(NC(=O)CN2CCC(C(=O)Nc3cccc(F)c3)CC2)c(C)c1. The summed E-state index contributed by atoms with van der Waals surface area (Å²) in [4.78, 5) is 26.8. The van der Waals surface area contributed by atoms with Gasteiger partial charge in [0.2, 0.25) is 11.8 Å². The summed E-state index contributed by atoms with van der Waals surface area (Å²) in [7, 11) is 0. The smallest absolute Gasteiger partial charge is 0.238 e. The Morgan fingerprint density at radius 2 is 1.82 bits per heavy atom. The van der Waals surface area contributed by atoms with Crippen molar-refractivity contribution < 1.29 is 14.0 Å². The molecular weight excluding hydrogens is 357 g/mol. The molecule has 1 heterocycles. The molecule has 1 fully saturated rings. The molecule has 0 aliphatic carbocycles. The molecule has 2 aromatic rings. The lowest BCUT2D eigenvalue weighted by molar-refractivity contribution is -0.121. The predicted octanol–water partition coefficient (Wildman–Crippen LogP) is 3.73. The van der Waals surface area contributed by atoms with Gasteiger partial charge in [0.05, 0.1) is 6.54 Å². The maximum absolute atomic E-state index is 13.2. The maximum Gasteiger partial charge on any atom is 0.238 e. The number of benzene rings is 2. The average molecular weight is 383 g/mol. The molecule has 2 N–H and O–H groups in total. The Morgan fingerprint density at radius 1 is 1.07 bits per heavy atom. The number of hydrogen-bond acceptors (Lipinski definition) is 3.